The van der Waals surface area contributed by atoms with E-state index in [2.05, 4.69) is 5.32 Å². The van der Waals surface area contributed by atoms with E-state index in [9.17, 15) is 4.79 Å². The molecule has 0 aromatic heterocycles. The number of benzene rings is 1. The topological polar surface area (TPSA) is 77.0 Å². The number of aliphatic hydroxyl groups excluding tert-OH is 1. The fourth-order valence-corrected chi connectivity index (χ4v) is 1.83. The van der Waals surface area contributed by atoms with Crippen LogP contribution in [0.25, 0.3) is 0 Å². The van der Waals surface area contributed by atoms with Crippen LogP contribution in [0.15, 0.2) is 12.1 Å². The molecule has 1 unspecified atom stereocenters. The van der Waals surface area contributed by atoms with Crippen LogP contribution in [0, 0.1) is 6.92 Å². The number of methoxy groups -OCH3 is 3. The Hall–Kier alpha value is -1.79. The minimum absolute atomic E-state index is 0.195. The number of nitrogens with one attached hydrogen (secondary N) is 1. The number of rotatable bonds is 7. The van der Waals surface area contributed by atoms with E-state index in [0.29, 0.717) is 17.1 Å². The van der Waals surface area contributed by atoms with Crippen molar-refractivity contribution < 1.29 is 24.1 Å². The molecule has 1 aromatic carbocycles. The van der Waals surface area contributed by atoms with Gasteiger partial charge < -0.3 is 24.6 Å². The molecule has 0 saturated heterocycles. The normalized spacial score (nSPS) is 11.8. The van der Waals surface area contributed by atoms with Gasteiger partial charge in [0.1, 0.15) is 11.5 Å². The fourth-order valence-electron chi connectivity index (χ4n) is 1.83. The zero-order valence-corrected chi connectivity index (χ0v) is 12.2. The van der Waals surface area contributed by atoms with Gasteiger partial charge >= 0.3 is 0 Å². The zero-order valence-electron chi connectivity index (χ0n) is 12.2. The SMILES string of the molecule is COCC(CO)NC(=O)c1cc(OC)c(C)c(OC)c1. The second-order valence-corrected chi connectivity index (χ2v) is 4.31. The number of aliphatic hydroxyl groups is 1. The van der Waals surface area contributed by atoms with Gasteiger partial charge in [-0.05, 0) is 19.1 Å². The van der Waals surface area contributed by atoms with Crippen molar-refractivity contribution in [3.05, 3.63) is 23.3 Å². The Labute approximate surface area is 118 Å². The molecule has 0 spiro atoms. The highest BCUT2D eigenvalue weighted by molar-refractivity contribution is 5.95. The predicted molar refractivity (Wildman–Crippen MR) is 74.5 cm³/mol. The Balaban J connectivity index is 2.97. The first kappa shape index (κ1) is 16.3. The first-order chi connectivity index (χ1) is 9.57. The molecule has 0 radical (unpaired) electrons. The molecule has 0 fully saturated rings. The lowest BCUT2D eigenvalue weighted by Gasteiger charge is -2.17. The summed E-state index contributed by atoms with van der Waals surface area (Å²) in [6.07, 6.45) is 0. The van der Waals surface area contributed by atoms with Crippen LogP contribution in [0.2, 0.25) is 0 Å². The molecule has 1 atom stereocenters. The van der Waals surface area contributed by atoms with Crippen molar-refractivity contribution >= 4 is 5.91 Å². The third-order valence-corrected chi connectivity index (χ3v) is 2.94. The molecule has 1 amide bonds. The van der Waals surface area contributed by atoms with Gasteiger partial charge in [-0.2, -0.15) is 0 Å². The van der Waals surface area contributed by atoms with E-state index < -0.39 is 6.04 Å². The molecule has 6 nitrogen and oxygen atoms in total. The summed E-state index contributed by atoms with van der Waals surface area (Å²) in [6.45, 7) is 1.89. The van der Waals surface area contributed by atoms with Gasteiger partial charge in [-0.1, -0.05) is 0 Å². The van der Waals surface area contributed by atoms with Crippen LogP contribution < -0.4 is 14.8 Å². The van der Waals surface area contributed by atoms with Crippen LogP contribution in [0.3, 0.4) is 0 Å². The maximum atomic E-state index is 12.1. The summed E-state index contributed by atoms with van der Waals surface area (Å²) in [4.78, 5) is 12.1. The minimum Gasteiger partial charge on any atom is -0.496 e. The van der Waals surface area contributed by atoms with Crippen molar-refractivity contribution in [1.29, 1.82) is 0 Å². The lowest BCUT2D eigenvalue weighted by molar-refractivity contribution is 0.0839. The summed E-state index contributed by atoms with van der Waals surface area (Å²) in [5.41, 5.74) is 1.22. The number of carbonyl (C=O) groups excluding carboxylic acids is 1. The van der Waals surface area contributed by atoms with Gasteiger partial charge in [0.15, 0.2) is 0 Å². The molecule has 1 aromatic rings. The summed E-state index contributed by atoms with van der Waals surface area (Å²) in [7, 11) is 4.57. The highest BCUT2D eigenvalue weighted by Gasteiger charge is 2.16. The number of ether oxygens (including phenoxy) is 3. The summed E-state index contributed by atoms with van der Waals surface area (Å²) in [5.74, 6) is 0.821. The lowest BCUT2D eigenvalue weighted by Crippen LogP contribution is -2.40. The molecule has 0 bridgehead atoms. The summed E-state index contributed by atoms with van der Waals surface area (Å²) in [5, 5.41) is 11.8. The number of amides is 1. The highest BCUT2D eigenvalue weighted by Crippen LogP contribution is 2.29. The van der Waals surface area contributed by atoms with Gasteiger partial charge in [-0.25, -0.2) is 0 Å². The molecule has 112 valence electrons. The summed E-state index contributed by atoms with van der Waals surface area (Å²) in [6, 6.07) is 2.81. The monoisotopic (exact) mass is 283 g/mol. The molecule has 0 aliphatic heterocycles. The van der Waals surface area contributed by atoms with Gasteiger partial charge in [0.2, 0.25) is 0 Å². The van der Waals surface area contributed by atoms with E-state index in [1.54, 1.807) is 12.1 Å². The molecular formula is C14H21NO5. The summed E-state index contributed by atoms with van der Waals surface area (Å²) >= 11 is 0. The van der Waals surface area contributed by atoms with Crippen LogP contribution >= 0.6 is 0 Å². The molecule has 1 rings (SSSR count). The van der Waals surface area contributed by atoms with E-state index in [0.717, 1.165) is 5.56 Å². The van der Waals surface area contributed by atoms with Crippen molar-refractivity contribution in [2.24, 2.45) is 0 Å². The average Bonchev–Trinajstić information content (AvgIpc) is 2.46. The van der Waals surface area contributed by atoms with E-state index in [-0.39, 0.29) is 19.1 Å². The quantitative estimate of drug-likeness (QED) is 0.772. The molecular weight excluding hydrogens is 262 g/mol. The van der Waals surface area contributed by atoms with Gasteiger partial charge in [0.25, 0.3) is 5.91 Å². The Bertz CT molecular complexity index is 436. The first-order valence-corrected chi connectivity index (χ1v) is 6.20. The van der Waals surface area contributed by atoms with Gasteiger partial charge in [0.05, 0.1) is 33.5 Å². The largest absolute Gasteiger partial charge is 0.496 e. The van der Waals surface area contributed by atoms with Gasteiger partial charge in [0, 0.05) is 18.2 Å². The highest BCUT2D eigenvalue weighted by atomic mass is 16.5. The first-order valence-electron chi connectivity index (χ1n) is 6.20. The third kappa shape index (κ3) is 3.85. The van der Waals surface area contributed by atoms with E-state index in [4.69, 9.17) is 19.3 Å². The number of hydrogen-bond acceptors (Lipinski definition) is 5. The molecule has 0 heterocycles. The molecule has 0 aliphatic rings. The molecule has 20 heavy (non-hydrogen) atoms. The van der Waals surface area contributed by atoms with Crippen LogP contribution in [0.5, 0.6) is 11.5 Å². The molecule has 6 heteroatoms. The van der Waals surface area contributed by atoms with Crippen molar-refractivity contribution in [3.8, 4) is 11.5 Å². The minimum atomic E-state index is -0.453. The second kappa shape index (κ2) is 7.72. The standard InChI is InChI=1S/C14H21NO5/c1-9-12(19-3)5-10(6-13(9)20-4)14(17)15-11(7-16)8-18-2/h5-6,11,16H,7-8H2,1-4H3,(H,15,17). The zero-order chi connectivity index (χ0) is 15.1. The Morgan fingerprint density at radius 2 is 1.80 bits per heavy atom. The maximum absolute atomic E-state index is 12.1. The fraction of sp³-hybridized carbons (Fsp3) is 0.500. The van der Waals surface area contributed by atoms with Gasteiger partial charge in [-0.15, -0.1) is 0 Å². The Morgan fingerprint density at radius 3 is 2.20 bits per heavy atom. The van der Waals surface area contributed by atoms with Crippen molar-refractivity contribution in [3.63, 3.8) is 0 Å². The molecule has 0 aliphatic carbocycles. The van der Waals surface area contributed by atoms with Crippen LogP contribution in [-0.4, -0.2) is 51.6 Å². The maximum Gasteiger partial charge on any atom is 0.251 e. The Kier molecular flexibility index (Phi) is 6.27. The van der Waals surface area contributed by atoms with Crippen molar-refractivity contribution in [1.82, 2.24) is 5.32 Å². The van der Waals surface area contributed by atoms with Crippen LogP contribution in [0.4, 0.5) is 0 Å². The number of hydrogen-bond donors (Lipinski definition) is 2. The molecule has 0 saturated carbocycles. The lowest BCUT2D eigenvalue weighted by atomic mass is 10.1. The Morgan fingerprint density at radius 1 is 1.25 bits per heavy atom. The van der Waals surface area contributed by atoms with Gasteiger partial charge in [-0.3, -0.25) is 4.79 Å². The van der Waals surface area contributed by atoms with E-state index >= 15 is 0 Å². The van der Waals surface area contributed by atoms with Crippen molar-refractivity contribution in [2.45, 2.75) is 13.0 Å². The third-order valence-electron chi connectivity index (χ3n) is 2.94. The number of carbonyl (C=O) groups is 1. The second-order valence-electron chi connectivity index (χ2n) is 4.31. The van der Waals surface area contributed by atoms with Crippen molar-refractivity contribution in [2.75, 3.05) is 34.5 Å². The van der Waals surface area contributed by atoms with E-state index in [1.807, 2.05) is 6.92 Å². The van der Waals surface area contributed by atoms with E-state index in [1.165, 1.54) is 21.3 Å². The smallest absolute Gasteiger partial charge is 0.251 e. The van der Waals surface area contributed by atoms with Crippen LogP contribution in [0.1, 0.15) is 15.9 Å². The molecule has 2 N–H and O–H groups in total. The summed E-state index contributed by atoms with van der Waals surface area (Å²) < 4.78 is 15.4. The predicted octanol–water partition coefficient (Wildman–Crippen LogP) is 0.749. The van der Waals surface area contributed by atoms with Crippen LogP contribution in [-0.2, 0) is 4.74 Å². The average molecular weight is 283 g/mol.